The number of rotatable bonds is 79. The third-order valence-corrected chi connectivity index (χ3v) is 20.7. The number of carbonyl (C=O) groups excluding carboxylic acids is 4. The summed E-state index contributed by atoms with van der Waals surface area (Å²) in [6, 6.07) is 0. The maximum Gasteiger partial charge on any atom is 0.472 e. The maximum absolute atomic E-state index is 13.1. The van der Waals surface area contributed by atoms with E-state index in [0.717, 1.165) is 115 Å². The summed E-state index contributed by atoms with van der Waals surface area (Å²) in [5, 5.41) is 10.6. The molecular formula is C81H154O17P2. The lowest BCUT2D eigenvalue weighted by molar-refractivity contribution is -0.161. The van der Waals surface area contributed by atoms with E-state index in [2.05, 4.69) is 58.9 Å². The first-order valence-corrected chi connectivity index (χ1v) is 44.5. The summed E-state index contributed by atoms with van der Waals surface area (Å²) >= 11 is 0. The molecular weight excluding hydrogens is 1310 g/mol. The average Bonchev–Trinajstić information content (AvgIpc) is 0.924. The van der Waals surface area contributed by atoms with Crippen molar-refractivity contribution in [3.05, 3.63) is 24.3 Å². The minimum Gasteiger partial charge on any atom is -0.462 e. The van der Waals surface area contributed by atoms with E-state index in [4.69, 9.17) is 37.0 Å². The van der Waals surface area contributed by atoms with Gasteiger partial charge in [-0.3, -0.25) is 37.3 Å². The first-order valence-electron chi connectivity index (χ1n) is 41.5. The molecule has 0 aliphatic carbocycles. The molecule has 0 aliphatic heterocycles. The lowest BCUT2D eigenvalue weighted by Crippen LogP contribution is -2.30. The Balaban J connectivity index is 5.14. The van der Waals surface area contributed by atoms with Gasteiger partial charge in [-0.05, 0) is 57.3 Å². The van der Waals surface area contributed by atoms with Crippen molar-refractivity contribution in [2.24, 2.45) is 5.92 Å². The van der Waals surface area contributed by atoms with E-state index in [1.54, 1.807) is 0 Å². The first kappa shape index (κ1) is 97.5. The number of aliphatic hydroxyl groups excluding tert-OH is 1. The third-order valence-electron chi connectivity index (χ3n) is 18.8. The monoisotopic (exact) mass is 1460 g/mol. The molecule has 0 radical (unpaired) electrons. The second kappa shape index (κ2) is 73.4. The Labute approximate surface area is 612 Å². The molecule has 0 amide bonds. The molecule has 3 unspecified atom stereocenters. The fourth-order valence-electron chi connectivity index (χ4n) is 12.0. The van der Waals surface area contributed by atoms with Gasteiger partial charge >= 0.3 is 39.5 Å². The highest BCUT2D eigenvalue weighted by atomic mass is 31.2. The van der Waals surface area contributed by atoms with Crippen LogP contribution in [0, 0.1) is 5.92 Å². The molecule has 19 heteroatoms. The first-order chi connectivity index (χ1) is 48.6. The standard InChI is InChI=1S/C81H154O17P2/c1-6-10-13-16-18-20-22-24-26-27-28-29-30-31-32-34-40-44-48-52-57-62-67-81(86)98-77(71-92-79(84)65-60-55-50-46-42-38-36-35-37-41-45-49-54-58-63-74(5)9-4)73-96-100(89,90)94-69-75(82)68-93-99(87,88)95-72-76(70-91-78(83)64-59-53-15-12-8-3)97-80(85)66-61-56-51-47-43-39-33-25-23-21-19-17-14-11-7-2/h21,23,25,33,74-77,82H,6-20,22,24,26-32,34-73H2,1-5H3,(H,87,88)(H,89,90)/b23-21-,33-25-/t74?,75-,76+,77+/m0/s1. The number of carbonyl (C=O) groups is 4. The zero-order chi connectivity index (χ0) is 73.4. The lowest BCUT2D eigenvalue weighted by atomic mass is 9.99. The molecule has 6 atom stereocenters. The molecule has 0 aliphatic rings. The number of ether oxygens (including phenoxy) is 4. The molecule has 0 saturated carbocycles. The predicted molar refractivity (Wildman–Crippen MR) is 409 cm³/mol. The van der Waals surface area contributed by atoms with Gasteiger partial charge in [-0.15, -0.1) is 0 Å². The van der Waals surface area contributed by atoms with Crippen LogP contribution >= 0.6 is 15.6 Å². The summed E-state index contributed by atoms with van der Waals surface area (Å²) < 4.78 is 68.4. The van der Waals surface area contributed by atoms with Crippen LogP contribution in [0.4, 0.5) is 0 Å². The molecule has 590 valence electrons. The van der Waals surface area contributed by atoms with E-state index in [0.29, 0.717) is 25.7 Å². The summed E-state index contributed by atoms with van der Waals surface area (Å²) in [6.45, 7) is 7.22. The average molecular weight is 1460 g/mol. The second-order valence-corrected chi connectivity index (χ2v) is 31.6. The van der Waals surface area contributed by atoms with Crippen LogP contribution in [0.15, 0.2) is 24.3 Å². The smallest absolute Gasteiger partial charge is 0.462 e. The van der Waals surface area contributed by atoms with Crippen molar-refractivity contribution in [1.29, 1.82) is 0 Å². The summed E-state index contributed by atoms with van der Waals surface area (Å²) in [7, 11) is -9.92. The van der Waals surface area contributed by atoms with Gasteiger partial charge in [-0.1, -0.05) is 354 Å². The van der Waals surface area contributed by atoms with E-state index in [1.807, 2.05) is 0 Å². The van der Waals surface area contributed by atoms with Crippen LogP contribution in [-0.4, -0.2) is 96.7 Å². The van der Waals surface area contributed by atoms with E-state index in [-0.39, 0.29) is 25.7 Å². The number of aliphatic hydroxyl groups is 1. The normalized spacial score (nSPS) is 14.3. The van der Waals surface area contributed by atoms with Crippen molar-refractivity contribution < 1.29 is 80.2 Å². The van der Waals surface area contributed by atoms with E-state index in [9.17, 15) is 43.2 Å². The van der Waals surface area contributed by atoms with Gasteiger partial charge in [0.05, 0.1) is 26.4 Å². The number of esters is 4. The van der Waals surface area contributed by atoms with Gasteiger partial charge in [0.25, 0.3) is 0 Å². The molecule has 0 fully saturated rings. The number of unbranched alkanes of at least 4 members (excludes halogenated alkanes) is 47. The molecule has 3 N–H and O–H groups in total. The number of allylic oxidation sites excluding steroid dienone is 4. The van der Waals surface area contributed by atoms with Gasteiger partial charge in [-0.2, -0.15) is 0 Å². The van der Waals surface area contributed by atoms with Crippen molar-refractivity contribution in [2.45, 2.75) is 425 Å². The molecule has 0 saturated heterocycles. The Morgan fingerprint density at radius 3 is 0.850 bits per heavy atom. The van der Waals surface area contributed by atoms with Crippen LogP contribution in [0.3, 0.4) is 0 Å². The maximum atomic E-state index is 13.1. The summed E-state index contributed by atoms with van der Waals surface area (Å²) in [5.74, 6) is -1.30. The minimum absolute atomic E-state index is 0.0844. The van der Waals surface area contributed by atoms with Crippen LogP contribution in [0.2, 0.25) is 0 Å². The van der Waals surface area contributed by atoms with Crippen LogP contribution < -0.4 is 0 Å². The lowest BCUT2D eigenvalue weighted by Gasteiger charge is -2.21. The Hall–Kier alpha value is -2.46. The van der Waals surface area contributed by atoms with Crippen LogP contribution in [0.1, 0.15) is 407 Å². The Morgan fingerprint density at radius 2 is 0.560 bits per heavy atom. The van der Waals surface area contributed by atoms with Crippen molar-refractivity contribution in [1.82, 2.24) is 0 Å². The van der Waals surface area contributed by atoms with Crippen molar-refractivity contribution in [3.8, 4) is 0 Å². The predicted octanol–water partition coefficient (Wildman–Crippen LogP) is 24.0. The zero-order valence-electron chi connectivity index (χ0n) is 64.8. The minimum atomic E-state index is -4.96. The number of phosphoric acid groups is 2. The highest BCUT2D eigenvalue weighted by Crippen LogP contribution is 2.45. The largest absolute Gasteiger partial charge is 0.472 e. The Bertz CT molecular complexity index is 2010. The summed E-state index contributed by atoms with van der Waals surface area (Å²) in [6.07, 6.45) is 67.9. The van der Waals surface area contributed by atoms with E-state index >= 15 is 0 Å². The highest BCUT2D eigenvalue weighted by molar-refractivity contribution is 7.47. The summed E-state index contributed by atoms with van der Waals surface area (Å²) in [5.41, 5.74) is 0. The molecule has 0 aromatic heterocycles. The number of phosphoric ester groups is 2. The molecule has 0 spiro atoms. The highest BCUT2D eigenvalue weighted by Gasteiger charge is 2.30. The quantitative estimate of drug-likeness (QED) is 0.0169. The SMILES string of the molecule is CCCCCC/C=C\C=C/CCCCCCCC(=O)O[C@H](COC(=O)CCCCCCC)COP(=O)(O)OC[C@H](O)COP(=O)(O)OC[C@@H](COC(=O)CCCCCCCCCCCCCCCCC(C)CC)OC(=O)CCCCCCCCCCCCCCCCCCCCCCCC. The third kappa shape index (κ3) is 72.5. The van der Waals surface area contributed by atoms with Gasteiger partial charge in [0.15, 0.2) is 12.2 Å². The second-order valence-electron chi connectivity index (χ2n) is 28.7. The number of hydrogen-bond donors (Lipinski definition) is 3. The molecule has 0 aromatic carbocycles. The van der Waals surface area contributed by atoms with Crippen LogP contribution in [-0.2, 0) is 65.4 Å². The fraction of sp³-hybridized carbons (Fsp3) is 0.901. The number of hydrogen-bond acceptors (Lipinski definition) is 15. The van der Waals surface area contributed by atoms with Gasteiger partial charge < -0.3 is 33.8 Å². The van der Waals surface area contributed by atoms with Crippen molar-refractivity contribution in [2.75, 3.05) is 39.6 Å². The molecule has 100 heavy (non-hydrogen) atoms. The fourth-order valence-corrected chi connectivity index (χ4v) is 13.6. The van der Waals surface area contributed by atoms with E-state index < -0.39 is 97.5 Å². The van der Waals surface area contributed by atoms with Crippen LogP contribution in [0.25, 0.3) is 0 Å². The zero-order valence-corrected chi connectivity index (χ0v) is 66.6. The van der Waals surface area contributed by atoms with Gasteiger partial charge in [0.1, 0.15) is 19.3 Å². The van der Waals surface area contributed by atoms with Gasteiger partial charge in [-0.25, -0.2) is 9.13 Å². The van der Waals surface area contributed by atoms with Crippen molar-refractivity contribution >= 4 is 39.5 Å². The van der Waals surface area contributed by atoms with Crippen molar-refractivity contribution in [3.63, 3.8) is 0 Å². The molecule has 0 heterocycles. The molecule has 17 nitrogen and oxygen atoms in total. The van der Waals surface area contributed by atoms with Gasteiger partial charge in [0.2, 0.25) is 0 Å². The Morgan fingerprint density at radius 1 is 0.320 bits per heavy atom. The molecule has 0 aromatic rings. The van der Waals surface area contributed by atoms with E-state index in [1.165, 1.54) is 212 Å². The Kier molecular flexibility index (Phi) is 71.6. The molecule has 0 rings (SSSR count). The molecule has 0 bridgehead atoms. The van der Waals surface area contributed by atoms with Crippen LogP contribution in [0.5, 0.6) is 0 Å². The van der Waals surface area contributed by atoms with Gasteiger partial charge in [0, 0.05) is 25.7 Å². The summed E-state index contributed by atoms with van der Waals surface area (Å²) in [4.78, 5) is 72.7. The topological polar surface area (TPSA) is 237 Å².